The van der Waals surface area contributed by atoms with E-state index in [4.69, 9.17) is 0 Å². The van der Waals surface area contributed by atoms with E-state index >= 15 is 0 Å². The maximum Gasteiger partial charge on any atom is -0.00555 e. The van der Waals surface area contributed by atoms with Crippen LogP contribution in [0.25, 0.3) is 5.57 Å². The second-order valence-electron chi connectivity index (χ2n) is 4.13. The second-order valence-corrected chi connectivity index (χ2v) is 4.13. The number of hydrogen-bond donors (Lipinski definition) is 0. The standard InChI is InChI=1S/C14H16/c1-11(2)13-8-9-14(10-13)12-6-4-3-5-7-12/h3-9,11H,10H2,1-2H3. The molecule has 1 aromatic carbocycles. The van der Waals surface area contributed by atoms with Gasteiger partial charge in [-0.25, -0.2) is 0 Å². The van der Waals surface area contributed by atoms with E-state index in [-0.39, 0.29) is 0 Å². The highest BCUT2D eigenvalue weighted by molar-refractivity contribution is 5.72. The number of rotatable bonds is 2. The minimum Gasteiger partial charge on any atom is -0.0632 e. The van der Waals surface area contributed by atoms with Crippen molar-refractivity contribution in [1.82, 2.24) is 0 Å². The highest BCUT2D eigenvalue weighted by Gasteiger charge is 2.11. The molecular formula is C14H16. The van der Waals surface area contributed by atoms with E-state index in [1.54, 1.807) is 5.57 Å². The molecule has 0 radical (unpaired) electrons. The van der Waals surface area contributed by atoms with Crippen LogP contribution in [0.2, 0.25) is 0 Å². The van der Waals surface area contributed by atoms with Gasteiger partial charge in [-0.3, -0.25) is 0 Å². The van der Waals surface area contributed by atoms with Gasteiger partial charge in [0, 0.05) is 0 Å². The summed E-state index contributed by atoms with van der Waals surface area (Å²) in [5.41, 5.74) is 4.36. The maximum atomic E-state index is 2.27. The predicted molar refractivity (Wildman–Crippen MR) is 62.0 cm³/mol. The van der Waals surface area contributed by atoms with Crippen LogP contribution in [0.5, 0.6) is 0 Å². The molecule has 1 aliphatic carbocycles. The molecule has 0 saturated heterocycles. The summed E-state index contributed by atoms with van der Waals surface area (Å²) in [5, 5.41) is 0. The van der Waals surface area contributed by atoms with E-state index in [2.05, 4.69) is 56.3 Å². The van der Waals surface area contributed by atoms with Gasteiger partial charge in [-0.05, 0) is 23.5 Å². The first kappa shape index (κ1) is 9.26. The fourth-order valence-corrected chi connectivity index (χ4v) is 1.79. The van der Waals surface area contributed by atoms with Crippen LogP contribution in [0.1, 0.15) is 25.8 Å². The van der Waals surface area contributed by atoms with Gasteiger partial charge >= 0.3 is 0 Å². The lowest BCUT2D eigenvalue weighted by Gasteiger charge is -2.08. The lowest BCUT2D eigenvalue weighted by molar-refractivity contribution is 0.756. The zero-order valence-corrected chi connectivity index (χ0v) is 8.83. The van der Waals surface area contributed by atoms with E-state index in [0.29, 0.717) is 5.92 Å². The van der Waals surface area contributed by atoms with Crippen molar-refractivity contribution >= 4 is 5.57 Å². The molecule has 0 aromatic heterocycles. The summed E-state index contributed by atoms with van der Waals surface area (Å²) in [7, 11) is 0. The second kappa shape index (κ2) is 3.83. The summed E-state index contributed by atoms with van der Waals surface area (Å²) >= 11 is 0. The molecule has 14 heavy (non-hydrogen) atoms. The van der Waals surface area contributed by atoms with Gasteiger partial charge in [0.15, 0.2) is 0 Å². The van der Waals surface area contributed by atoms with Crippen LogP contribution in [0, 0.1) is 5.92 Å². The fraction of sp³-hybridized carbons (Fsp3) is 0.286. The zero-order valence-electron chi connectivity index (χ0n) is 8.83. The van der Waals surface area contributed by atoms with Crippen LogP contribution in [-0.2, 0) is 0 Å². The molecule has 0 aliphatic heterocycles. The number of allylic oxidation sites excluding steroid dienone is 4. The Kier molecular flexibility index (Phi) is 2.53. The highest BCUT2D eigenvalue weighted by atomic mass is 14.2. The smallest absolute Gasteiger partial charge is 0.00555 e. The molecule has 0 amide bonds. The Hall–Kier alpha value is -1.30. The molecule has 0 heterocycles. The van der Waals surface area contributed by atoms with Gasteiger partial charge in [0.2, 0.25) is 0 Å². The first-order valence-electron chi connectivity index (χ1n) is 5.22. The van der Waals surface area contributed by atoms with Gasteiger partial charge in [-0.1, -0.05) is 61.9 Å². The third-order valence-electron chi connectivity index (χ3n) is 2.78. The predicted octanol–water partition coefficient (Wildman–Crippen LogP) is 4.06. The highest BCUT2D eigenvalue weighted by Crippen LogP contribution is 2.31. The molecule has 72 valence electrons. The van der Waals surface area contributed by atoms with Gasteiger partial charge < -0.3 is 0 Å². The first-order valence-corrected chi connectivity index (χ1v) is 5.22. The molecule has 0 fully saturated rings. The van der Waals surface area contributed by atoms with E-state index in [9.17, 15) is 0 Å². The van der Waals surface area contributed by atoms with Crippen LogP contribution >= 0.6 is 0 Å². The molecule has 0 saturated carbocycles. The van der Waals surface area contributed by atoms with Crippen molar-refractivity contribution in [1.29, 1.82) is 0 Å². The maximum absolute atomic E-state index is 2.27. The van der Waals surface area contributed by atoms with Crippen molar-refractivity contribution in [2.45, 2.75) is 20.3 Å². The van der Waals surface area contributed by atoms with Crippen molar-refractivity contribution < 1.29 is 0 Å². The Labute approximate surface area is 86.0 Å². The molecule has 1 aromatic rings. The molecule has 0 N–H and O–H groups in total. The molecule has 0 unspecified atom stereocenters. The Morgan fingerprint density at radius 1 is 1.00 bits per heavy atom. The summed E-state index contributed by atoms with van der Waals surface area (Å²) in [6.45, 7) is 4.52. The Morgan fingerprint density at radius 3 is 2.29 bits per heavy atom. The molecule has 0 heteroatoms. The largest absolute Gasteiger partial charge is 0.0632 e. The van der Waals surface area contributed by atoms with Crippen LogP contribution in [0.4, 0.5) is 0 Å². The van der Waals surface area contributed by atoms with Crippen LogP contribution in [-0.4, -0.2) is 0 Å². The summed E-state index contributed by atoms with van der Waals surface area (Å²) in [6.07, 6.45) is 5.65. The zero-order chi connectivity index (χ0) is 9.97. The van der Waals surface area contributed by atoms with Gasteiger partial charge in [0.1, 0.15) is 0 Å². The molecular weight excluding hydrogens is 168 g/mol. The number of benzene rings is 1. The molecule has 0 bridgehead atoms. The fourth-order valence-electron chi connectivity index (χ4n) is 1.79. The lowest BCUT2D eigenvalue weighted by atomic mass is 9.97. The van der Waals surface area contributed by atoms with E-state index in [1.807, 2.05) is 0 Å². The Balaban J connectivity index is 2.13. The average Bonchev–Trinajstić information content (AvgIpc) is 2.68. The molecule has 2 rings (SSSR count). The topological polar surface area (TPSA) is 0 Å². The van der Waals surface area contributed by atoms with Crippen molar-refractivity contribution in [2.75, 3.05) is 0 Å². The normalized spacial score (nSPS) is 15.6. The third kappa shape index (κ3) is 1.79. The van der Waals surface area contributed by atoms with Crippen LogP contribution in [0.3, 0.4) is 0 Å². The SMILES string of the molecule is CC(C)C1=CC=C(c2ccccc2)C1. The summed E-state index contributed by atoms with van der Waals surface area (Å²) in [5.74, 6) is 0.674. The summed E-state index contributed by atoms with van der Waals surface area (Å²) in [6, 6.07) is 10.6. The van der Waals surface area contributed by atoms with E-state index < -0.39 is 0 Å². The Morgan fingerprint density at radius 2 is 1.71 bits per heavy atom. The molecule has 0 nitrogen and oxygen atoms in total. The van der Waals surface area contributed by atoms with Crippen molar-refractivity contribution in [2.24, 2.45) is 5.92 Å². The average molecular weight is 184 g/mol. The van der Waals surface area contributed by atoms with Gasteiger partial charge in [-0.15, -0.1) is 0 Å². The molecule has 1 aliphatic rings. The monoisotopic (exact) mass is 184 g/mol. The summed E-state index contributed by atoms with van der Waals surface area (Å²) < 4.78 is 0. The third-order valence-corrected chi connectivity index (χ3v) is 2.78. The van der Waals surface area contributed by atoms with Crippen molar-refractivity contribution in [3.63, 3.8) is 0 Å². The first-order chi connectivity index (χ1) is 6.77. The van der Waals surface area contributed by atoms with E-state index in [0.717, 1.165) is 6.42 Å². The summed E-state index contributed by atoms with van der Waals surface area (Å²) in [4.78, 5) is 0. The Bertz CT molecular complexity index is 366. The van der Waals surface area contributed by atoms with Crippen molar-refractivity contribution in [3.8, 4) is 0 Å². The quantitative estimate of drug-likeness (QED) is 0.650. The van der Waals surface area contributed by atoms with Crippen LogP contribution in [0.15, 0.2) is 48.1 Å². The minimum atomic E-state index is 0.674. The van der Waals surface area contributed by atoms with Crippen molar-refractivity contribution in [3.05, 3.63) is 53.6 Å². The van der Waals surface area contributed by atoms with Crippen LogP contribution < -0.4 is 0 Å². The van der Waals surface area contributed by atoms with Gasteiger partial charge in [0.05, 0.1) is 0 Å². The van der Waals surface area contributed by atoms with Gasteiger partial charge in [0.25, 0.3) is 0 Å². The lowest BCUT2D eigenvalue weighted by Crippen LogP contribution is -1.91. The van der Waals surface area contributed by atoms with E-state index in [1.165, 1.54) is 11.1 Å². The minimum absolute atomic E-state index is 0.674. The molecule has 0 atom stereocenters. The number of hydrogen-bond acceptors (Lipinski definition) is 0. The van der Waals surface area contributed by atoms with Gasteiger partial charge in [-0.2, -0.15) is 0 Å². The molecule has 0 spiro atoms.